The van der Waals surface area contributed by atoms with Gasteiger partial charge in [-0.25, -0.2) is 0 Å². The summed E-state index contributed by atoms with van der Waals surface area (Å²) in [5.74, 6) is 0. The highest BCUT2D eigenvalue weighted by Crippen LogP contribution is 2.32. The molecule has 1 aromatic rings. The fraction of sp³-hybridized carbons (Fsp3) is 0.600. The zero-order valence-corrected chi connectivity index (χ0v) is 12.2. The van der Waals surface area contributed by atoms with Crippen LogP contribution < -0.4 is 5.73 Å². The number of benzene rings is 1. The summed E-state index contributed by atoms with van der Waals surface area (Å²) >= 11 is 0. The molecular formula is C15H23N3O2. The quantitative estimate of drug-likeness (QED) is 0.678. The number of likely N-dealkylation sites (tertiary alicyclic amines) is 1. The first-order chi connectivity index (χ1) is 9.54. The second-order valence-corrected chi connectivity index (χ2v) is 5.68. The number of hydrogen-bond donors (Lipinski definition) is 1. The number of piperidine rings is 1. The van der Waals surface area contributed by atoms with E-state index in [9.17, 15) is 10.1 Å². The van der Waals surface area contributed by atoms with E-state index >= 15 is 0 Å². The van der Waals surface area contributed by atoms with E-state index in [-0.39, 0.29) is 16.7 Å². The Hall–Kier alpha value is -1.46. The zero-order valence-electron chi connectivity index (χ0n) is 12.2. The van der Waals surface area contributed by atoms with E-state index in [0.717, 1.165) is 18.4 Å². The van der Waals surface area contributed by atoms with Gasteiger partial charge in [0, 0.05) is 36.8 Å². The Bertz CT molecular complexity index is 468. The van der Waals surface area contributed by atoms with E-state index in [2.05, 4.69) is 18.7 Å². The van der Waals surface area contributed by atoms with Gasteiger partial charge in [-0.15, -0.1) is 0 Å². The lowest BCUT2D eigenvalue weighted by Gasteiger charge is -2.44. The third-order valence-electron chi connectivity index (χ3n) is 4.31. The molecule has 5 heteroatoms. The summed E-state index contributed by atoms with van der Waals surface area (Å²) in [4.78, 5) is 13.0. The van der Waals surface area contributed by atoms with Crippen molar-refractivity contribution in [3.8, 4) is 0 Å². The summed E-state index contributed by atoms with van der Waals surface area (Å²) in [7, 11) is 0. The van der Waals surface area contributed by atoms with Crippen molar-refractivity contribution in [2.45, 2.75) is 51.2 Å². The Labute approximate surface area is 119 Å². The molecule has 0 radical (unpaired) electrons. The highest BCUT2D eigenvalue weighted by molar-refractivity contribution is 5.36. The van der Waals surface area contributed by atoms with Gasteiger partial charge in [-0.3, -0.25) is 15.0 Å². The van der Waals surface area contributed by atoms with Crippen LogP contribution in [0.3, 0.4) is 0 Å². The number of nitrogens with zero attached hydrogens (tertiary/aromatic N) is 2. The molecule has 1 fully saturated rings. The predicted octanol–water partition coefficient (Wildman–Crippen LogP) is 2.86. The summed E-state index contributed by atoms with van der Waals surface area (Å²) in [5, 5.41) is 10.9. The number of nitro benzene ring substituents is 1. The van der Waals surface area contributed by atoms with Crippen molar-refractivity contribution in [1.82, 2.24) is 4.90 Å². The molecule has 5 nitrogen and oxygen atoms in total. The van der Waals surface area contributed by atoms with E-state index in [4.69, 9.17) is 5.73 Å². The van der Waals surface area contributed by atoms with E-state index < -0.39 is 0 Å². The Morgan fingerprint density at radius 1 is 1.40 bits per heavy atom. The first-order valence-electron chi connectivity index (χ1n) is 7.26. The summed E-state index contributed by atoms with van der Waals surface area (Å²) in [6.45, 7) is 4.92. The molecule has 0 aromatic heterocycles. The van der Waals surface area contributed by atoms with Crippen LogP contribution >= 0.6 is 0 Å². The highest BCUT2D eigenvalue weighted by atomic mass is 16.6. The second-order valence-electron chi connectivity index (χ2n) is 5.68. The highest BCUT2D eigenvalue weighted by Gasteiger charge is 2.31. The monoisotopic (exact) mass is 277 g/mol. The molecule has 20 heavy (non-hydrogen) atoms. The summed E-state index contributed by atoms with van der Waals surface area (Å²) < 4.78 is 0. The molecule has 3 atom stereocenters. The number of rotatable bonds is 4. The average Bonchev–Trinajstić information content (AvgIpc) is 2.43. The molecule has 0 saturated carbocycles. The van der Waals surface area contributed by atoms with Crippen molar-refractivity contribution < 1.29 is 4.92 Å². The van der Waals surface area contributed by atoms with E-state index in [1.807, 2.05) is 6.07 Å². The van der Waals surface area contributed by atoms with Crippen molar-refractivity contribution in [2.24, 2.45) is 5.73 Å². The van der Waals surface area contributed by atoms with E-state index in [1.165, 1.54) is 12.5 Å². The van der Waals surface area contributed by atoms with Crippen LogP contribution in [0.5, 0.6) is 0 Å². The minimum absolute atomic E-state index is 0.0557. The van der Waals surface area contributed by atoms with E-state index in [1.54, 1.807) is 12.1 Å². The van der Waals surface area contributed by atoms with Crippen LogP contribution in [-0.2, 0) is 0 Å². The van der Waals surface area contributed by atoms with Crippen LogP contribution in [0.25, 0.3) is 0 Å². The lowest BCUT2D eigenvalue weighted by atomic mass is 9.92. The summed E-state index contributed by atoms with van der Waals surface area (Å²) in [5.41, 5.74) is 7.06. The van der Waals surface area contributed by atoms with Gasteiger partial charge in [0.25, 0.3) is 5.69 Å². The maximum absolute atomic E-state index is 10.9. The molecule has 2 N–H and O–H groups in total. The van der Waals surface area contributed by atoms with Crippen molar-refractivity contribution in [2.75, 3.05) is 6.54 Å². The van der Waals surface area contributed by atoms with Gasteiger partial charge in [0.1, 0.15) is 0 Å². The van der Waals surface area contributed by atoms with Gasteiger partial charge in [0.05, 0.1) is 4.92 Å². The molecule has 1 aromatic carbocycles. The van der Waals surface area contributed by atoms with Gasteiger partial charge in [-0.05, 0) is 32.3 Å². The number of nitro groups is 1. The number of non-ortho nitro benzene ring substituents is 1. The van der Waals surface area contributed by atoms with Crippen molar-refractivity contribution >= 4 is 5.69 Å². The molecular weight excluding hydrogens is 254 g/mol. The van der Waals surface area contributed by atoms with Gasteiger partial charge in [0.15, 0.2) is 0 Å². The lowest BCUT2D eigenvalue weighted by molar-refractivity contribution is -0.385. The minimum atomic E-state index is -0.347. The maximum atomic E-state index is 10.9. The molecule has 1 heterocycles. The topological polar surface area (TPSA) is 72.4 Å². The molecule has 110 valence electrons. The van der Waals surface area contributed by atoms with Crippen LogP contribution in [0, 0.1) is 10.1 Å². The molecule has 1 aliphatic heterocycles. The zero-order chi connectivity index (χ0) is 14.7. The fourth-order valence-corrected chi connectivity index (χ4v) is 3.33. The van der Waals surface area contributed by atoms with Crippen LogP contribution in [-0.4, -0.2) is 28.5 Å². The third-order valence-corrected chi connectivity index (χ3v) is 4.31. The number of nitrogens with two attached hydrogens (primary N) is 1. The smallest absolute Gasteiger partial charge is 0.269 e. The Balaban J connectivity index is 2.31. The molecule has 0 bridgehead atoms. The Kier molecular flexibility index (Phi) is 4.73. The molecule has 0 spiro atoms. The van der Waals surface area contributed by atoms with E-state index in [0.29, 0.717) is 18.6 Å². The molecule has 1 aliphatic rings. The van der Waals surface area contributed by atoms with Crippen LogP contribution in [0.1, 0.15) is 44.7 Å². The summed E-state index contributed by atoms with van der Waals surface area (Å²) in [6.07, 6.45) is 3.57. The SMILES string of the molecule is CC1CCCC(C)N1C(CN)c1cccc([N+](=O)[O-])c1. The average molecular weight is 277 g/mol. The molecule has 3 unspecified atom stereocenters. The first kappa shape index (κ1) is 14.9. The van der Waals surface area contributed by atoms with Gasteiger partial charge >= 0.3 is 0 Å². The van der Waals surface area contributed by atoms with Crippen LogP contribution in [0.2, 0.25) is 0 Å². The van der Waals surface area contributed by atoms with Crippen molar-refractivity contribution in [1.29, 1.82) is 0 Å². The lowest BCUT2D eigenvalue weighted by Crippen LogP contribution is -2.48. The van der Waals surface area contributed by atoms with Gasteiger partial charge < -0.3 is 5.73 Å². The second kappa shape index (κ2) is 6.33. The molecule has 2 rings (SSSR count). The number of hydrogen-bond acceptors (Lipinski definition) is 4. The van der Waals surface area contributed by atoms with Crippen LogP contribution in [0.4, 0.5) is 5.69 Å². The molecule has 0 aliphatic carbocycles. The van der Waals surface area contributed by atoms with Crippen molar-refractivity contribution in [3.63, 3.8) is 0 Å². The first-order valence-corrected chi connectivity index (χ1v) is 7.26. The van der Waals surface area contributed by atoms with Gasteiger partial charge in [-0.1, -0.05) is 18.6 Å². The van der Waals surface area contributed by atoms with Crippen LogP contribution in [0.15, 0.2) is 24.3 Å². The standard InChI is InChI=1S/C15H23N3O2/c1-11-5-3-6-12(2)17(11)15(10-16)13-7-4-8-14(9-13)18(19)20/h4,7-9,11-12,15H,3,5-6,10,16H2,1-2H3. The minimum Gasteiger partial charge on any atom is -0.329 e. The van der Waals surface area contributed by atoms with Gasteiger partial charge in [-0.2, -0.15) is 0 Å². The molecule has 0 amide bonds. The third kappa shape index (κ3) is 2.99. The Morgan fingerprint density at radius 2 is 2.05 bits per heavy atom. The van der Waals surface area contributed by atoms with Gasteiger partial charge in [0.2, 0.25) is 0 Å². The normalized spacial score (nSPS) is 25.4. The largest absolute Gasteiger partial charge is 0.329 e. The van der Waals surface area contributed by atoms with Crippen molar-refractivity contribution in [3.05, 3.63) is 39.9 Å². The maximum Gasteiger partial charge on any atom is 0.269 e. The fourth-order valence-electron chi connectivity index (χ4n) is 3.33. The molecule has 1 saturated heterocycles. The predicted molar refractivity (Wildman–Crippen MR) is 79.5 cm³/mol. The summed E-state index contributed by atoms with van der Waals surface area (Å²) in [6, 6.07) is 7.86. The Morgan fingerprint density at radius 3 is 2.60 bits per heavy atom.